The monoisotopic (exact) mass is 282 g/mol. The molecular formula is C18H18O3. The molecule has 0 radical (unpaired) electrons. The van der Waals surface area contributed by atoms with Crippen LogP contribution in [0.15, 0.2) is 54.6 Å². The van der Waals surface area contributed by atoms with Gasteiger partial charge in [-0.1, -0.05) is 42.5 Å². The first-order valence-electron chi connectivity index (χ1n) is 7.12. The van der Waals surface area contributed by atoms with E-state index in [1.807, 2.05) is 54.6 Å². The summed E-state index contributed by atoms with van der Waals surface area (Å²) in [5, 5.41) is 0. The van der Waals surface area contributed by atoms with Crippen LogP contribution in [-0.4, -0.2) is 13.1 Å². The second-order valence-electron chi connectivity index (χ2n) is 5.32. The summed E-state index contributed by atoms with van der Waals surface area (Å²) in [5.41, 5.74) is 2.20. The van der Waals surface area contributed by atoms with Crippen molar-refractivity contribution in [2.45, 2.75) is 18.9 Å². The molecule has 0 saturated heterocycles. The van der Waals surface area contributed by atoms with Gasteiger partial charge in [-0.2, -0.15) is 0 Å². The van der Waals surface area contributed by atoms with Gasteiger partial charge in [0.15, 0.2) is 0 Å². The second-order valence-corrected chi connectivity index (χ2v) is 5.32. The summed E-state index contributed by atoms with van der Waals surface area (Å²) in [6.45, 7) is 0.353. The number of ether oxygens (including phenoxy) is 2. The van der Waals surface area contributed by atoms with Crippen LogP contribution in [0.4, 0.5) is 0 Å². The number of hydrogen-bond donors (Lipinski definition) is 0. The number of rotatable bonds is 5. The largest absolute Gasteiger partial charge is 0.497 e. The van der Waals surface area contributed by atoms with Crippen LogP contribution in [0.25, 0.3) is 0 Å². The summed E-state index contributed by atoms with van der Waals surface area (Å²) >= 11 is 0. The minimum absolute atomic E-state index is 0.00195. The van der Waals surface area contributed by atoms with Crippen molar-refractivity contribution in [1.29, 1.82) is 0 Å². The molecule has 1 saturated carbocycles. The van der Waals surface area contributed by atoms with Crippen LogP contribution < -0.4 is 4.74 Å². The maximum absolute atomic E-state index is 12.0. The molecule has 108 valence electrons. The molecule has 0 heterocycles. The Morgan fingerprint density at radius 1 is 1.10 bits per heavy atom. The van der Waals surface area contributed by atoms with Crippen molar-refractivity contribution in [1.82, 2.24) is 0 Å². The van der Waals surface area contributed by atoms with Crippen LogP contribution in [0.2, 0.25) is 0 Å². The quantitative estimate of drug-likeness (QED) is 0.787. The van der Waals surface area contributed by atoms with Crippen molar-refractivity contribution >= 4 is 5.97 Å². The Labute approximate surface area is 124 Å². The number of methoxy groups -OCH3 is 1. The molecule has 0 aromatic heterocycles. The summed E-state index contributed by atoms with van der Waals surface area (Å²) in [6.07, 6.45) is 0.875. The van der Waals surface area contributed by atoms with Gasteiger partial charge >= 0.3 is 5.97 Å². The number of carbonyl (C=O) groups is 1. The van der Waals surface area contributed by atoms with Gasteiger partial charge in [0.2, 0.25) is 0 Å². The highest BCUT2D eigenvalue weighted by Crippen LogP contribution is 2.48. The lowest BCUT2D eigenvalue weighted by Crippen LogP contribution is -2.07. The Bertz CT molecular complexity index is 604. The fraction of sp³-hybridized carbons (Fsp3) is 0.278. The van der Waals surface area contributed by atoms with E-state index in [9.17, 15) is 4.79 Å². The van der Waals surface area contributed by atoms with Crippen molar-refractivity contribution in [2.24, 2.45) is 5.92 Å². The highest BCUT2D eigenvalue weighted by atomic mass is 16.5. The van der Waals surface area contributed by atoms with Crippen LogP contribution in [-0.2, 0) is 16.1 Å². The summed E-state index contributed by atoms with van der Waals surface area (Å²) < 4.78 is 10.5. The molecule has 3 heteroatoms. The van der Waals surface area contributed by atoms with Gasteiger partial charge in [-0.25, -0.2) is 0 Å². The van der Waals surface area contributed by atoms with E-state index in [-0.39, 0.29) is 11.9 Å². The molecule has 1 fully saturated rings. The van der Waals surface area contributed by atoms with Crippen LogP contribution in [0.1, 0.15) is 23.5 Å². The molecule has 2 aromatic rings. The smallest absolute Gasteiger partial charge is 0.309 e. The maximum Gasteiger partial charge on any atom is 0.309 e. The van der Waals surface area contributed by atoms with E-state index in [4.69, 9.17) is 9.47 Å². The van der Waals surface area contributed by atoms with Crippen LogP contribution in [0.5, 0.6) is 5.75 Å². The minimum Gasteiger partial charge on any atom is -0.497 e. The van der Waals surface area contributed by atoms with Gasteiger partial charge in [0.25, 0.3) is 0 Å². The molecule has 0 spiro atoms. The summed E-state index contributed by atoms with van der Waals surface area (Å²) in [7, 11) is 1.65. The number of carbonyl (C=O) groups excluding carboxylic acids is 1. The lowest BCUT2D eigenvalue weighted by atomic mass is 10.1. The van der Waals surface area contributed by atoms with Gasteiger partial charge < -0.3 is 9.47 Å². The Kier molecular flexibility index (Phi) is 3.91. The maximum atomic E-state index is 12.0. The van der Waals surface area contributed by atoms with Gasteiger partial charge in [0.1, 0.15) is 12.4 Å². The third kappa shape index (κ3) is 3.24. The molecule has 0 unspecified atom stereocenters. The normalized spacial score (nSPS) is 19.9. The molecule has 0 aliphatic heterocycles. The summed E-state index contributed by atoms with van der Waals surface area (Å²) in [6, 6.07) is 17.7. The second kappa shape index (κ2) is 6.00. The minimum atomic E-state index is -0.0975. The molecule has 3 rings (SSSR count). The van der Waals surface area contributed by atoms with E-state index in [0.29, 0.717) is 12.5 Å². The summed E-state index contributed by atoms with van der Waals surface area (Å²) in [5.74, 6) is 1.03. The van der Waals surface area contributed by atoms with Crippen molar-refractivity contribution in [3.8, 4) is 5.75 Å². The molecule has 1 aliphatic rings. The van der Waals surface area contributed by atoms with Gasteiger partial charge in [0, 0.05) is 0 Å². The third-order valence-corrected chi connectivity index (χ3v) is 3.86. The van der Waals surface area contributed by atoms with Crippen molar-refractivity contribution in [2.75, 3.05) is 7.11 Å². The molecule has 2 aromatic carbocycles. The Balaban J connectivity index is 1.53. The Morgan fingerprint density at radius 3 is 2.48 bits per heavy atom. The van der Waals surface area contributed by atoms with Gasteiger partial charge in [-0.15, -0.1) is 0 Å². The van der Waals surface area contributed by atoms with E-state index in [1.54, 1.807) is 7.11 Å². The highest BCUT2D eigenvalue weighted by Gasteiger charge is 2.45. The first-order valence-corrected chi connectivity index (χ1v) is 7.12. The predicted molar refractivity (Wildman–Crippen MR) is 80.1 cm³/mol. The first-order chi connectivity index (χ1) is 10.3. The zero-order valence-corrected chi connectivity index (χ0v) is 12.0. The third-order valence-electron chi connectivity index (χ3n) is 3.86. The van der Waals surface area contributed by atoms with E-state index < -0.39 is 0 Å². The Hall–Kier alpha value is -2.29. The number of benzene rings is 2. The molecule has 0 bridgehead atoms. The predicted octanol–water partition coefficient (Wildman–Crippen LogP) is 3.54. The van der Waals surface area contributed by atoms with Crippen LogP contribution >= 0.6 is 0 Å². The van der Waals surface area contributed by atoms with Crippen LogP contribution in [0, 0.1) is 5.92 Å². The van der Waals surface area contributed by atoms with Gasteiger partial charge in [-0.3, -0.25) is 4.79 Å². The van der Waals surface area contributed by atoms with E-state index in [2.05, 4.69) is 0 Å². The molecule has 1 aliphatic carbocycles. The first kappa shape index (κ1) is 13.7. The highest BCUT2D eigenvalue weighted by molar-refractivity contribution is 5.77. The van der Waals surface area contributed by atoms with Gasteiger partial charge in [-0.05, 0) is 35.6 Å². The number of esters is 1. The molecular weight excluding hydrogens is 264 g/mol. The molecule has 21 heavy (non-hydrogen) atoms. The van der Waals surface area contributed by atoms with Crippen molar-refractivity contribution in [3.05, 3.63) is 65.7 Å². The fourth-order valence-corrected chi connectivity index (χ4v) is 2.51. The lowest BCUT2D eigenvalue weighted by Gasteiger charge is -2.05. The summed E-state index contributed by atoms with van der Waals surface area (Å²) in [4.78, 5) is 12.0. The Morgan fingerprint density at radius 2 is 1.81 bits per heavy atom. The lowest BCUT2D eigenvalue weighted by molar-refractivity contribution is -0.146. The van der Waals surface area contributed by atoms with Gasteiger partial charge in [0.05, 0.1) is 13.0 Å². The molecule has 3 nitrogen and oxygen atoms in total. The van der Waals surface area contributed by atoms with E-state index in [0.717, 1.165) is 17.7 Å². The zero-order valence-electron chi connectivity index (χ0n) is 12.0. The number of hydrogen-bond acceptors (Lipinski definition) is 3. The SMILES string of the molecule is COc1ccc([C@H]2C[C@H]2C(=O)OCc2ccccc2)cc1. The molecule has 0 N–H and O–H groups in total. The van der Waals surface area contributed by atoms with Crippen molar-refractivity contribution < 1.29 is 14.3 Å². The average molecular weight is 282 g/mol. The van der Waals surface area contributed by atoms with E-state index in [1.165, 1.54) is 5.56 Å². The van der Waals surface area contributed by atoms with Crippen molar-refractivity contribution in [3.63, 3.8) is 0 Å². The topological polar surface area (TPSA) is 35.5 Å². The standard InChI is InChI=1S/C18H18O3/c1-20-15-9-7-14(8-10-15)16-11-17(16)18(19)21-12-13-5-3-2-4-6-13/h2-10,16-17H,11-12H2,1H3/t16-,17-/m1/s1. The zero-order chi connectivity index (χ0) is 14.7. The van der Waals surface area contributed by atoms with E-state index >= 15 is 0 Å². The molecule has 0 amide bonds. The fourth-order valence-electron chi connectivity index (χ4n) is 2.51. The molecule has 2 atom stereocenters. The average Bonchev–Trinajstić information content (AvgIpc) is 3.34. The van der Waals surface area contributed by atoms with Crippen LogP contribution in [0.3, 0.4) is 0 Å².